The zero-order valence-electron chi connectivity index (χ0n) is 9.01. The molecule has 3 nitrogen and oxygen atoms in total. The third-order valence-corrected chi connectivity index (χ3v) is 2.89. The Kier molecular flexibility index (Phi) is 4.92. The Hall–Kier alpha value is -1.42. The number of thioether (sulfide) groups is 1. The minimum atomic E-state index is -0.184. The summed E-state index contributed by atoms with van der Waals surface area (Å²) in [6.07, 6.45) is 4.04. The lowest BCUT2D eigenvalue weighted by Gasteiger charge is -1.98. The summed E-state index contributed by atoms with van der Waals surface area (Å²) in [5, 5.41) is 18.3. The zero-order valence-corrected chi connectivity index (χ0v) is 9.83. The quantitative estimate of drug-likeness (QED) is 0.625. The Labute approximate surface area is 98.8 Å². The van der Waals surface area contributed by atoms with Crippen LogP contribution < -0.4 is 0 Å². The van der Waals surface area contributed by atoms with Gasteiger partial charge in [0.25, 0.3) is 0 Å². The van der Waals surface area contributed by atoms with Crippen LogP contribution in [0.3, 0.4) is 0 Å². The maximum Gasteiger partial charge on any atom is 0.212 e. The molecule has 1 aromatic rings. The average Bonchev–Trinajstić information content (AvgIpc) is 2.28. The summed E-state index contributed by atoms with van der Waals surface area (Å²) in [4.78, 5) is 11.3. The van der Waals surface area contributed by atoms with Crippen molar-refractivity contribution in [1.82, 2.24) is 0 Å². The van der Waals surface area contributed by atoms with E-state index < -0.39 is 0 Å². The molecule has 0 amide bonds. The summed E-state index contributed by atoms with van der Waals surface area (Å²) in [6.45, 7) is 2.02. The lowest BCUT2D eigenvalue weighted by atomic mass is 10.2. The van der Waals surface area contributed by atoms with E-state index in [-0.39, 0.29) is 16.6 Å². The van der Waals surface area contributed by atoms with Crippen LogP contribution >= 0.6 is 11.8 Å². The Morgan fingerprint density at radius 3 is 2.75 bits per heavy atom. The first-order valence-corrected chi connectivity index (χ1v) is 5.99. The van der Waals surface area contributed by atoms with Gasteiger partial charge in [-0.1, -0.05) is 30.8 Å². The Morgan fingerprint density at radius 1 is 1.38 bits per heavy atom. The molecule has 16 heavy (non-hydrogen) atoms. The van der Waals surface area contributed by atoms with E-state index in [0.29, 0.717) is 5.56 Å². The lowest BCUT2D eigenvalue weighted by molar-refractivity contribution is -0.106. The normalized spacial score (nSPS) is 10.8. The van der Waals surface area contributed by atoms with Gasteiger partial charge in [0.15, 0.2) is 11.5 Å². The van der Waals surface area contributed by atoms with Crippen LogP contribution in [0.4, 0.5) is 0 Å². The number of phenolic OH excluding ortho intramolecular Hbond substituents is 2. The van der Waals surface area contributed by atoms with Crippen molar-refractivity contribution < 1.29 is 15.0 Å². The van der Waals surface area contributed by atoms with Gasteiger partial charge in [0.05, 0.1) is 0 Å². The summed E-state index contributed by atoms with van der Waals surface area (Å²) >= 11 is 1.27. The highest BCUT2D eigenvalue weighted by Crippen LogP contribution is 2.25. The van der Waals surface area contributed by atoms with E-state index in [2.05, 4.69) is 0 Å². The lowest BCUT2D eigenvalue weighted by Crippen LogP contribution is -1.86. The third-order valence-electron chi connectivity index (χ3n) is 1.86. The molecule has 2 N–H and O–H groups in total. The number of phenols is 2. The third kappa shape index (κ3) is 3.98. The molecule has 0 atom stereocenters. The number of aromatic hydroxyl groups is 2. The molecule has 4 heteroatoms. The SMILES string of the molecule is CCCSC(=O)/C=C/c1ccc(O)c(O)c1. The summed E-state index contributed by atoms with van der Waals surface area (Å²) in [7, 11) is 0. The van der Waals surface area contributed by atoms with E-state index >= 15 is 0 Å². The molecule has 86 valence electrons. The number of benzene rings is 1. The molecule has 0 fully saturated rings. The van der Waals surface area contributed by atoms with Gasteiger partial charge < -0.3 is 10.2 Å². The Balaban J connectivity index is 2.62. The van der Waals surface area contributed by atoms with Gasteiger partial charge in [0.1, 0.15) is 0 Å². The zero-order chi connectivity index (χ0) is 12.0. The minimum absolute atomic E-state index is 0.00517. The Morgan fingerprint density at radius 2 is 2.12 bits per heavy atom. The van der Waals surface area contributed by atoms with Crippen molar-refractivity contribution in [3.8, 4) is 11.5 Å². The van der Waals surface area contributed by atoms with Crippen molar-refractivity contribution in [3.63, 3.8) is 0 Å². The summed E-state index contributed by atoms with van der Waals surface area (Å²) in [6, 6.07) is 4.42. The van der Waals surface area contributed by atoms with E-state index in [0.717, 1.165) is 12.2 Å². The highest BCUT2D eigenvalue weighted by molar-refractivity contribution is 8.14. The van der Waals surface area contributed by atoms with Crippen LogP contribution in [-0.2, 0) is 4.79 Å². The molecule has 0 aromatic heterocycles. The molecule has 0 aliphatic heterocycles. The summed E-state index contributed by atoms with van der Waals surface area (Å²) < 4.78 is 0. The van der Waals surface area contributed by atoms with Crippen LogP contribution in [0.1, 0.15) is 18.9 Å². The van der Waals surface area contributed by atoms with Gasteiger partial charge in [-0.15, -0.1) is 0 Å². The van der Waals surface area contributed by atoms with Crippen molar-refractivity contribution in [3.05, 3.63) is 29.8 Å². The van der Waals surface area contributed by atoms with Gasteiger partial charge in [0.2, 0.25) is 5.12 Å². The van der Waals surface area contributed by atoms with Gasteiger partial charge in [-0.3, -0.25) is 4.79 Å². The van der Waals surface area contributed by atoms with Gasteiger partial charge >= 0.3 is 0 Å². The van der Waals surface area contributed by atoms with E-state index in [1.807, 2.05) is 6.92 Å². The van der Waals surface area contributed by atoms with Crippen LogP contribution in [0, 0.1) is 0 Å². The fourth-order valence-electron chi connectivity index (χ4n) is 1.06. The highest BCUT2D eigenvalue weighted by atomic mass is 32.2. The van der Waals surface area contributed by atoms with Gasteiger partial charge in [-0.2, -0.15) is 0 Å². The standard InChI is InChI=1S/C12H14O3S/c1-2-7-16-12(15)6-4-9-3-5-10(13)11(14)8-9/h3-6,8,13-14H,2,7H2,1H3/b6-4+. The monoisotopic (exact) mass is 238 g/mol. The van der Waals surface area contributed by atoms with Crippen molar-refractivity contribution in [1.29, 1.82) is 0 Å². The Bertz CT molecular complexity index is 399. The van der Waals surface area contributed by atoms with Gasteiger partial charge in [0, 0.05) is 5.75 Å². The number of hydrogen-bond donors (Lipinski definition) is 2. The van der Waals surface area contributed by atoms with Gasteiger partial charge in [-0.25, -0.2) is 0 Å². The van der Waals surface area contributed by atoms with E-state index in [4.69, 9.17) is 5.11 Å². The number of rotatable bonds is 4. The second kappa shape index (κ2) is 6.23. The summed E-state index contributed by atoms with van der Waals surface area (Å²) in [5.74, 6) is 0.462. The van der Waals surface area contributed by atoms with Crippen LogP contribution in [0.15, 0.2) is 24.3 Å². The topological polar surface area (TPSA) is 57.5 Å². The first-order chi connectivity index (χ1) is 7.63. The number of hydrogen-bond acceptors (Lipinski definition) is 4. The van der Waals surface area contributed by atoms with Crippen molar-refractivity contribution in [2.24, 2.45) is 0 Å². The molecular weight excluding hydrogens is 224 g/mol. The fourth-order valence-corrected chi connectivity index (χ4v) is 1.63. The van der Waals surface area contributed by atoms with Crippen LogP contribution in [0.2, 0.25) is 0 Å². The molecule has 0 aliphatic carbocycles. The van der Waals surface area contributed by atoms with Crippen LogP contribution in [0.5, 0.6) is 11.5 Å². The predicted molar refractivity (Wildman–Crippen MR) is 66.6 cm³/mol. The molecule has 0 saturated heterocycles. The average molecular weight is 238 g/mol. The fraction of sp³-hybridized carbons (Fsp3) is 0.250. The molecule has 0 aliphatic rings. The van der Waals surface area contributed by atoms with E-state index in [1.54, 1.807) is 12.1 Å². The molecule has 0 spiro atoms. The van der Waals surface area contributed by atoms with Crippen molar-refractivity contribution in [2.45, 2.75) is 13.3 Å². The van der Waals surface area contributed by atoms with E-state index in [1.165, 1.54) is 30.0 Å². The first kappa shape index (κ1) is 12.6. The first-order valence-electron chi connectivity index (χ1n) is 5.00. The second-order valence-electron chi connectivity index (χ2n) is 3.25. The highest BCUT2D eigenvalue weighted by Gasteiger charge is 1.99. The number of carbonyl (C=O) groups excluding carboxylic acids is 1. The molecule has 0 unspecified atom stereocenters. The van der Waals surface area contributed by atoms with Crippen molar-refractivity contribution >= 4 is 23.0 Å². The molecular formula is C12H14O3S. The van der Waals surface area contributed by atoms with Crippen molar-refractivity contribution in [2.75, 3.05) is 5.75 Å². The van der Waals surface area contributed by atoms with Gasteiger partial charge in [-0.05, 0) is 30.2 Å². The minimum Gasteiger partial charge on any atom is -0.504 e. The molecule has 1 aromatic carbocycles. The number of carbonyl (C=O) groups is 1. The molecule has 0 bridgehead atoms. The molecule has 1 rings (SSSR count). The predicted octanol–water partition coefficient (Wildman–Crippen LogP) is 2.78. The summed E-state index contributed by atoms with van der Waals surface area (Å²) in [5.41, 5.74) is 0.681. The largest absolute Gasteiger partial charge is 0.504 e. The smallest absolute Gasteiger partial charge is 0.212 e. The second-order valence-corrected chi connectivity index (χ2v) is 4.35. The van der Waals surface area contributed by atoms with Crippen LogP contribution in [0.25, 0.3) is 6.08 Å². The van der Waals surface area contributed by atoms with Crippen LogP contribution in [-0.4, -0.2) is 21.1 Å². The molecule has 0 heterocycles. The molecule has 0 radical (unpaired) electrons. The molecule has 0 saturated carbocycles. The maximum absolute atomic E-state index is 11.3. The maximum atomic E-state index is 11.3. The van der Waals surface area contributed by atoms with E-state index in [9.17, 15) is 9.90 Å².